The van der Waals surface area contributed by atoms with Crippen molar-refractivity contribution >= 4 is 21.5 Å². The van der Waals surface area contributed by atoms with Crippen molar-refractivity contribution in [3.05, 3.63) is 139 Å². The van der Waals surface area contributed by atoms with Crippen LogP contribution in [-0.4, -0.2) is 5.11 Å². The summed E-state index contributed by atoms with van der Waals surface area (Å²) >= 11 is 0. The fourth-order valence-corrected chi connectivity index (χ4v) is 4.39. The smallest absolute Gasteiger partial charge is 0.116 e. The summed E-state index contributed by atoms with van der Waals surface area (Å²) in [6, 6.07) is 45.5. The normalized spacial score (nSPS) is 10.6. The van der Waals surface area contributed by atoms with Crippen molar-refractivity contribution in [2.75, 3.05) is 0 Å². The predicted molar refractivity (Wildman–Crippen MR) is 145 cm³/mol. The molecule has 0 unspecified atom stereocenters. The SMILES string of the molecule is Cc1ccc2cccc(-c3ccccc3)c2c1.Oc1ccc2cccc(-c3ccccc3)c2c1. The third kappa shape index (κ3) is 4.55. The van der Waals surface area contributed by atoms with Crippen LogP contribution in [0.3, 0.4) is 0 Å². The monoisotopic (exact) mass is 438 g/mol. The molecule has 0 bridgehead atoms. The van der Waals surface area contributed by atoms with Crippen molar-refractivity contribution in [1.82, 2.24) is 0 Å². The Balaban J connectivity index is 0.000000142. The molecule has 0 heterocycles. The molecule has 0 saturated heterocycles. The maximum atomic E-state index is 9.60. The molecule has 1 nitrogen and oxygen atoms in total. The van der Waals surface area contributed by atoms with Crippen molar-refractivity contribution in [2.45, 2.75) is 6.92 Å². The minimum absolute atomic E-state index is 0.306. The van der Waals surface area contributed by atoms with Gasteiger partial charge in [-0.1, -0.05) is 127 Å². The van der Waals surface area contributed by atoms with Gasteiger partial charge in [0.25, 0.3) is 0 Å². The fraction of sp³-hybridized carbons (Fsp3) is 0.0303. The van der Waals surface area contributed by atoms with Gasteiger partial charge in [-0.25, -0.2) is 0 Å². The molecule has 34 heavy (non-hydrogen) atoms. The average Bonchev–Trinajstić information content (AvgIpc) is 2.89. The lowest BCUT2D eigenvalue weighted by Gasteiger charge is -2.07. The van der Waals surface area contributed by atoms with E-state index in [1.165, 1.54) is 33.0 Å². The minimum Gasteiger partial charge on any atom is -0.508 e. The zero-order valence-electron chi connectivity index (χ0n) is 19.1. The van der Waals surface area contributed by atoms with Crippen LogP contribution < -0.4 is 0 Å². The molecule has 0 aromatic heterocycles. The van der Waals surface area contributed by atoms with Gasteiger partial charge in [-0.15, -0.1) is 0 Å². The van der Waals surface area contributed by atoms with E-state index in [2.05, 4.69) is 97.9 Å². The fourth-order valence-electron chi connectivity index (χ4n) is 4.39. The number of rotatable bonds is 2. The first-order valence-electron chi connectivity index (χ1n) is 11.5. The molecule has 6 rings (SSSR count). The summed E-state index contributed by atoms with van der Waals surface area (Å²) in [7, 11) is 0. The van der Waals surface area contributed by atoms with E-state index >= 15 is 0 Å². The minimum atomic E-state index is 0.306. The highest BCUT2D eigenvalue weighted by molar-refractivity contribution is 5.98. The first kappa shape index (κ1) is 21.5. The highest BCUT2D eigenvalue weighted by Crippen LogP contribution is 2.31. The van der Waals surface area contributed by atoms with Gasteiger partial charge < -0.3 is 5.11 Å². The van der Waals surface area contributed by atoms with E-state index in [0.717, 1.165) is 16.3 Å². The molecule has 0 aliphatic carbocycles. The zero-order valence-corrected chi connectivity index (χ0v) is 19.1. The Morgan fingerprint density at radius 2 is 0.941 bits per heavy atom. The van der Waals surface area contributed by atoms with Gasteiger partial charge in [0.15, 0.2) is 0 Å². The van der Waals surface area contributed by atoms with Gasteiger partial charge in [-0.3, -0.25) is 0 Å². The second kappa shape index (κ2) is 9.64. The number of phenols is 1. The zero-order chi connectivity index (χ0) is 23.3. The van der Waals surface area contributed by atoms with Gasteiger partial charge in [0, 0.05) is 0 Å². The van der Waals surface area contributed by atoms with Crippen molar-refractivity contribution in [3.63, 3.8) is 0 Å². The number of aromatic hydroxyl groups is 1. The second-order valence-electron chi connectivity index (χ2n) is 8.47. The van der Waals surface area contributed by atoms with Crippen molar-refractivity contribution in [1.29, 1.82) is 0 Å². The Labute approximate surface area is 200 Å². The first-order valence-corrected chi connectivity index (χ1v) is 11.5. The van der Waals surface area contributed by atoms with Crippen LogP contribution in [0.2, 0.25) is 0 Å². The summed E-state index contributed by atoms with van der Waals surface area (Å²) in [6.07, 6.45) is 0. The average molecular weight is 439 g/mol. The van der Waals surface area contributed by atoms with E-state index in [0.29, 0.717) is 5.75 Å². The van der Waals surface area contributed by atoms with Crippen molar-refractivity contribution < 1.29 is 5.11 Å². The Kier molecular flexibility index (Phi) is 6.09. The van der Waals surface area contributed by atoms with E-state index in [4.69, 9.17) is 0 Å². The molecule has 0 saturated carbocycles. The van der Waals surface area contributed by atoms with Gasteiger partial charge in [-0.2, -0.15) is 0 Å². The van der Waals surface area contributed by atoms with E-state index in [9.17, 15) is 5.11 Å². The van der Waals surface area contributed by atoms with Crippen LogP contribution >= 0.6 is 0 Å². The van der Waals surface area contributed by atoms with Crippen LogP contribution in [-0.2, 0) is 0 Å². The Morgan fingerprint density at radius 3 is 1.50 bits per heavy atom. The molecule has 0 fully saturated rings. The lowest BCUT2D eigenvalue weighted by atomic mass is 9.97. The van der Waals surface area contributed by atoms with Crippen LogP contribution in [0.4, 0.5) is 0 Å². The van der Waals surface area contributed by atoms with Gasteiger partial charge in [-0.05, 0) is 62.9 Å². The van der Waals surface area contributed by atoms with Gasteiger partial charge in [0.1, 0.15) is 5.75 Å². The molecule has 164 valence electrons. The third-order valence-electron chi connectivity index (χ3n) is 6.07. The van der Waals surface area contributed by atoms with Crippen LogP contribution in [0, 0.1) is 6.92 Å². The van der Waals surface area contributed by atoms with Gasteiger partial charge >= 0.3 is 0 Å². The summed E-state index contributed by atoms with van der Waals surface area (Å²) in [5, 5.41) is 14.5. The van der Waals surface area contributed by atoms with E-state index in [1.807, 2.05) is 36.4 Å². The number of hydrogen-bond acceptors (Lipinski definition) is 1. The molecule has 0 aliphatic rings. The third-order valence-corrected chi connectivity index (χ3v) is 6.07. The van der Waals surface area contributed by atoms with E-state index in [1.54, 1.807) is 6.07 Å². The van der Waals surface area contributed by atoms with Gasteiger partial charge in [0.05, 0.1) is 0 Å². The Morgan fingerprint density at radius 1 is 0.441 bits per heavy atom. The molecule has 0 spiro atoms. The maximum absolute atomic E-state index is 9.60. The molecule has 6 aromatic carbocycles. The topological polar surface area (TPSA) is 20.2 Å². The summed E-state index contributed by atoms with van der Waals surface area (Å²) in [5.74, 6) is 0.306. The summed E-state index contributed by atoms with van der Waals surface area (Å²) < 4.78 is 0. The van der Waals surface area contributed by atoms with Crippen molar-refractivity contribution in [3.8, 4) is 28.0 Å². The number of aryl methyl sites for hydroxylation is 1. The number of phenolic OH excluding ortho intramolecular Hbond substituents is 1. The van der Waals surface area contributed by atoms with Crippen LogP contribution in [0.25, 0.3) is 43.8 Å². The van der Waals surface area contributed by atoms with E-state index in [-0.39, 0.29) is 0 Å². The molecule has 6 aromatic rings. The molecular formula is C33H26O. The van der Waals surface area contributed by atoms with Crippen LogP contribution in [0.15, 0.2) is 133 Å². The predicted octanol–water partition coefficient (Wildman–Crippen LogP) is 9.03. The Bertz CT molecular complexity index is 1430. The number of hydrogen-bond donors (Lipinski definition) is 1. The first-order chi connectivity index (χ1) is 16.7. The van der Waals surface area contributed by atoms with Crippen LogP contribution in [0.5, 0.6) is 5.75 Å². The largest absolute Gasteiger partial charge is 0.508 e. The number of benzene rings is 6. The van der Waals surface area contributed by atoms with Crippen molar-refractivity contribution in [2.24, 2.45) is 0 Å². The molecule has 0 amide bonds. The molecule has 0 radical (unpaired) electrons. The lowest BCUT2D eigenvalue weighted by Crippen LogP contribution is -1.82. The summed E-state index contributed by atoms with van der Waals surface area (Å²) in [4.78, 5) is 0. The molecule has 1 heteroatoms. The molecular weight excluding hydrogens is 412 g/mol. The maximum Gasteiger partial charge on any atom is 0.116 e. The molecule has 1 N–H and O–H groups in total. The highest BCUT2D eigenvalue weighted by atomic mass is 16.3. The number of fused-ring (bicyclic) bond motifs is 2. The quantitative estimate of drug-likeness (QED) is 0.286. The standard InChI is InChI=1S/C17H14.C16H12O/c1-13-10-11-15-8-5-9-16(17(15)12-13)14-6-3-2-4-7-14;17-14-10-9-13-7-4-8-15(16(13)11-14)12-5-2-1-3-6-12/h2-12H,1H3;1-11,17H. The van der Waals surface area contributed by atoms with E-state index < -0.39 is 0 Å². The Hall–Kier alpha value is -4.36. The van der Waals surface area contributed by atoms with Gasteiger partial charge in [0.2, 0.25) is 0 Å². The second-order valence-corrected chi connectivity index (χ2v) is 8.47. The summed E-state index contributed by atoms with van der Waals surface area (Å²) in [6.45, 7) is 2.14. The lowest BCUT2D eigenvalue weighted by molar-refractivity contribution is 0.476. The molecule has 0 atom stereocenters. The van der Waals surface area contributed by atoms with Crippen LogP contribution in [0.1, 0.15) is 5.56 Å². The summed E-state index contributed by atoms with van der Waals surface area (Å²) in [5.41, 5.74) is 6.22. The highest BCUT2D eigenvalue weighted by Gasteiger charge is 2.04. The molecule has 0 aliphatic heterocycles.